The quantitative estimate of drug-likeness (QED) is 0.812. The lowest BCUT2D eigenvalue weighted by Gasteiger charge is -2.16. The fraction of sp³-hybridized carbons (Fsp3) is 0.200. The summed E-state index contributed by atoms with van der Waals surface area (Å²) >= 11 is 0. The molecule has 0 amide bonds. The van der Waals surface area contributed by atoms with Crippen LogP contribution in [0.4, 0.5) is 0 Å². The molecular formula is C15H17NO. The maximum absolute atomic E-state index is 6.09. The lowest BCUT2D eigenvalue weighted by Crippen LogP contribution is -2.09. The van der Waals surface area contributed by atoms with Gasteiger partial charge in [-0.1, -0.05) is 36.4 Å². The summed E-state index contributed by atoms with van der Waals surface area (Å²) in [6.07, 6.45) is 1.74. The fourth-order valence-electron chi connectivity index (χ4n) is 2.02. The van der Waals surface area contributed by atoms with Gasteiger partial charge >= 0.3 is 0 Å². The number of hydrogen-bond donors (Lipinski definition) is 1. The van der Waals surface area contributed by atoms with Crippen molar-refractivity contribution in [3.8, 4) is 5.75 Å². The van der Waals surface area contributed by atoms with Crippen molar-refractivity contribution in [1.82, 2.24) is 0 Å². The van der Waals surface area contributed by atoms with Crippen molar-refractivity contribution in [3.63, 3.8) is 0 Å². The molecule has 88 valence electrons. The van der Waals surface area contributed by atoms with E-state index in [1.54, 1.807) is 6.08 Å². The first-order valence-corrected chi connectivity index (χ1v) is 5.80. The molecule has 2 rings (SSSR count). The summed E-state index contributed by atoms with van der Waals surface area (Å²) < 4.78 is 5.64. The Morgan fingerprint density at radius 3 is 2.76 bits per heavy atom. The fourth-order valence-corrected chi connectivity index (χ4v) is 2.02. The monoisotopic (exact) mass is 227 g/mol. The zero-order chi connectivity index (χ0) is 12.3. The van der Waals surface area contributed by atoms with E-state index in [0.29, 0.717) is 6.61 Å². The Labute approximate surface area is 102 Å². The van der Waals surface area contributed by atoms with Gasteiger partial charge in [-0.2, -0.15) is 0 Å². The van der Waals surface area contributed by atoms with E-state index in [0.717, 1.165) is 16.7 Å². The Hall–Kier alpha value is -1.80. The van der Waals surface area contributed by atoms with Gasteiger partial charge in [-0.05, 0) is 23.8 Å². The normalized spacial score (nSPS) is 12.4. The highest BCUT2D eigenvalue weighted by Gasteiger charge is 2.13. The van der Waals surface area contributed by atoms with Gasteiger partial charge in [0, 0.05) is 5.56 Å². The summed E-state index contributed by atoms with van der Waals surface area (Å²) in [5.41, 5.74) is 7.11. The van der Waals surface area contributed by atoms with E-state index in [-0.39, 0.29) is 6.04 Å². The maximum atomic E-state index is 6.09. The van der Waals surface area contributed by atoms with Gasteiger partial charge in [0.1, 0.15) is 5.75 Å². The summed E-state index contributed by atoms with van der Waals surface area (Å²) in [6.45, 7) is 6.37. The van der Waals surface area contributed by atoms with Crippen molar-refractivity contribution >= 4 is 10.8 Å². The first kappa shape index (κ1) is 11.7. The molecule has 0 heterocycles. The van der Waals surface area contributed by atoms with Crippen molar-refractivity contribution in [2.45, 2.75) is 13.0 Å². The molecule has 2 nitrogen and oxygen atoms in total. The van der Waals surface area contributed by atoms with Crippen LogP contribution in [0.5, 0.6) is 5.75 Å². The number of fused-ring (bicyclic) bond motifs is 1. The molecule has 17 heavy (non-hydrogen) atoms. The Morgan fingerprint density at radius 1 is 1.29 bits per heavy atom. The number of hydrogen-bond acceptors (Lipinski definition) is 2. The highest BCUT2D eigenvalue weighted by molar-refractivity contribution is 5.88. The highest BCUT2D eigenvalue weighted by Crippen LogP contribution is 2.32. The van der Waals surface area contributed by atoms with E-state index in [9.17, 15) is 0 Å². The van der Waals surface area contributed by atoms with Crippen LogP contribution in [0, 0.1) is 0 Å². The molecule has 0 saturated carbocycles. The van der Waals surface area contributed by atoms with E-state index < -0.39 is 0 Å². The standard InChI is InChI=1S/C15H17NO/c1-3-13(16)15-12-8-6-5-7-11(12)9-10-14(15)17-4-2/h3,5-10,13H,1,4,16H2,2H3/t13-/m1/s1. The number of nitrogens with two attached hydrogens (primary N) is 1. The molecular weight excluding hydrogens is 210 g/mol. The minimum atomic E-state index is -0.206. The largest absolute Gasteiger partial charge is 0.494 e. The van der Waals surface area contributed by atoms with Crippen LogP contribution in [0.1, 0.15) is 18.5 Å². The number of ether oxygens (including phenoxy) is 1. The zero-order valence-electron chi connectivity index (χ0n) is 10.0. The molecule has 0 fully saturated rings. The Bertz CT molecular complexity index is 533. The van der Waals surface area contributed by atoms with E-state index in [1.165, 1.54) is 5.39 Å². The number of rotatable bonds is 4. The SMILES string of the molecule is C=C[C@@H](N)c1c(OCC)ccc2ccccc12. The second-order valence-electron chi connectivity index (χ2n) is 3.89. The minimum absolute atomic E-state index is 0.206. The minimum Gasteiger partial charge on any atom is -0.494 e. The molecule has 2 N–H and O–H groups in total. The molecule has 0 bridgehead atoms. The van der Waals surface area contributed by atoms with Crippen LogP contribution in [-0.2, 0) is 0 Å². The smallest absolute Gasteiger partial charge is 0.125 e. The van der Waals surface area contributed by atoms with Crippen LogP contribution in [0.15, 0.2) is 49.1 Å². The van der Waals surface area contributed by atoms with Crippen LogP contribution in [0.3, 0.4) is 0 Å². The van der Waals surface area contributed by atoms with Crippen LogP contribution in [-0.4, -0.2) is 6.61 Å². The molecule has 0 aliphatic heterocycles. The Kier molecular flexibility index (Phi) is 3.45. The molecule has 0 radical (unpaired) electrons. The van der Waals surface area contributed by atoms with Crippen molar-refractivity contribution in [2.24, 2.45) is 5.73 Å². The third kappa shape index (κ3) is 2.17. The third-order valence-corrected chi connectivity index (χ3v) is 2.82. The second kappa shape index (κ2) is 5.02. The summed E-state index contributed by atoms with van der Waals surface area (Å²) in [7, 11) is 0. The summed E-state index contributed by atoms with van der Waals surface area (Å²) in [5.74, 6) is 0.846. The van der Waals surface area contributed by atoms with Gasteiger partial charge in [-0.25, -0.2) is 0 Å². The Balaban J connectivity index is 2.70. The van der Waals surface area contributed by atoms with Crippen LogP contribution in [0.2, 0.25) is 0 Å². The summed E-state index contributed by atoms with van der Waals surface area (Å²) in [4.78, 5) is 0. The maximum Gasteiger partial charge on any atom is 0.125 e. The molecule has 2 heteroatoms. The highest BCUT2D eigenvalue weighted by atomic mass is 16.5. The predicted octanol–water partition coefficient (Wildman–Crippen LogP) is 3.42. The average Bonchev–Trinajstić information content (AvgIpc) is 2.38. The summed E-state index contributed by atoms with van der Waals surface area (Å²) in [5, 5.41) is 2.30. The van der Waals surface area contributed by atoms with Crippen molar-refractivity contribution in [2.75, 3.05) is 6.61 Å². The lowest BCUT2D eigenvalue weighted by molar-refractivity contribution is 0.336. The van der Waals surface area contributed by atoms with E-state index in [1.807, 2.05) is 25.1 Å². The predicted molar refractivity (Wildman–Crippen MR) is 72.2 cm³/mol. The van der Waals surface area contributed by atoms with Crippen LogP contribution in [0.25, 0.3) is 10.8 Å². The molecule has 0 spiro atoms. The van der Waals surface area contributed by atoms with Gasteiger partial charge in [-0.3, -0.25) is 0 Å². The summed E-state index contributed by atoms with van der Waals surface area (Å²) in [6, 6.07) is 12.0. The van der Waals surface area contributed by atoms with E-state index in [2.05, 4.69) is 24.8 Å². The van der Waals surface area contributed by atoms with Crippen molar-refractivity contribution < 1.29 is 4.74 Å². The van der Waals surface area contributed by atoms with Gasteiger partial charge in [-0.15, -0.1) is 6.58 Å². The molecule has 0 aliphatic rings. The molecule has 2 aromatic rings. The van der Waals surface area contributed by atoms with Crippen LogP contribution >= 0.6 is 0 Å². The van der Waals surface area contributed by atoms with Gasteiger partial charge in [0.25, 0.3) is 0 Å². The average molecular weight is 227 g/mol. The van der Waals surface area contributed by atoms with Crippen molar-refractivity contribution in [3.05, 3.63) is 54.6 Å². The third-order valence-electron chi connectivity index (χ3n) is 2.82. The topological polar surface area (TPSA) is 35.2 Å². The molecule has 0 unspecified atom stereocenters. The van der Waals surface area contributed by atoms with Gasteiger partial charge < -0.3 is 10.5 Å². The van der Waals surface area contributed by atoms with E-state index in [4.69, 9.17) is 10.5 Å². The first-order chi connectivity index (χ1) is 8.27. The van der Waals surface area contributed by atoms with Gasteiger partial charge in [0.15, 0.2) is 0 Å². The first-order valence-electron chi connectivity index (χ1n) is 5.80. The number of benzene rings is 2. The molecule has 2 aromatic carbocycles. The second-order valence-corrected chi connectivity index (χ2v) is 3.89. The van der Waals surface area contributed by atoms with Gasteiger partial charge in [0.05, 0.1) is 12.6 Å². The lowest BCUT2D eigenvalue weighted by atomic mass is 9.98. The molecule has 0 aromatic heterocycles. The zero-order valence-corrected chi connectivity index (χ0v) is 10.0. The Morgan fingerprint density at radius 2 is 2.06 bits per heavy atom. The van der Waals surface area contributed by atoms with Gasteiger partial charge in [0.2, 0.25) is 0 Å². The van der Waals surface area contributed by atoms with Crippen molar-refractivity contribution in [1.29, 1.82) is 0 Å². The molecule has 1 atom stereocenters. The van der Waals surface area contributed by atoms with E-state index >= 15 is 0 Å². The van der Waals surface area contributed by atoms with Crippen LogP contribution < -0.4 is 10.5 Å². The molecule has 0 aliphatic carbocycles. The molecule has 0 saturated heterocycles.